The number of thioether (sulfide) groups is 1. The van der Waals surface area contributed by atoms with Crippen LogP contribution < -0.4 is 0 Å². The van der Waals surface area contributed by atoms with Gasteiger partial charge in [-0.05, 0) is 74.3 Å². The third-order valence-corrected chi connectivity index (χ3v) is 8.61. The van der Waals surface area contributed by atoms with Crippen molar-refractivity contribution in [3.05, 3.63) is 30.3 Å². The third kappa shape index (κ3) is 7.56. The molecule has 1 aromatic carbocycles. The van der Waals surface area contributed by atoms with Gasteiger partial charge in [0.2, 0.25) is 0 Å². The lowest BCUT2D eigenvalue weighted by Crippen LogP contribution is -2.26. The molecule has 0 radical (unpaired) electrons. The van der Waals surface area contributed by atoms with Crippen molar-refractivity contribution in [2.45, 2.75) is 107 Å². The fourth-order valence-electron chi connectivity index (χ4n) is 5.62. The molecule has 0 spiro atoms. The highest BCUT2D eigenvalue weighted by atomic mass is 32.2. The molecule has 3 heteroatoms. The summed E-state index contributed by atoms with van der Waals surface area (Å²) in [5.41, 5.74) is -1.45. The van der Waals surface area contributed by atoms with Crippen LogP contribution >= 0.6 is 11.8 Å². The highest BCUT2D eigenvalue weighted by molar-refractivity contribution is 7.99. The summed E-state index contributed by atoms with van der Waals surface area (Å²) >= 11 is 1.02. The first-order valence-corrected chi connectivity index (χ1v) is 13.0. The van der Waals surface area contributed by atoms with Gasteiger partial charge in [-0.1, -0.05) is 81.8 Å². The minimum Gasteiger partial charge on any atom is -0.243 e. The number of unbranched alkanes of at least 4 members (excludes halogenated alkanes) is 1. The number of benzene rings is 1. The number of halogens is 2. The maximum atomic E-state index is 14.3. The van der Waals surface area contributed by atoms with Gasteiger partial charge in [-0.2, -0.15) is 0 Å². The molecule has 0 aromatic heterocycles. The molecule has 2 unspecified atom stereocenters. The monoisotopic (exact) mass is 422 g/mol. The Morgan fingerprint density at radius 1 is 0.828 bits per heavy atom. The zero-order valence-electron chi connectivity index (χ0n) is 18.2. The van der Waals surface area contributed by atoms with Gasteiger partial charge in [0.25, 0.3) is 0 Å². The Morgan fingerprint density at radius 3 is 1.93 bits per heavy atom. The van der Waals surface area contributed by atoms with E-state index in [0.29, 0.717) is 12.3 Å². The number of hydrogen-bond acceptors (Lipinski definition) is 1. The van der Waals surface area contributed by atoms with Gasteiger partial charge >= 0.3 is 0 Å². The summed E-state index contributed by atoms with van der Waals surface area (Å²) in [5, 5.41) is 0. The van der Waals surface area contributed by atoms with Crippen molar-refractivity contribution in [3.63, 3.8) is 0 Å². The lowest BCUT2D eigenvalue weighted by atomic mass is 9.68. The molecular formula is C26H40F2S. The SMILES string of the molecule is CCCCC1CCC(C2CCC(CCC(F)C(F)Sc3ccccc3)CC2)CC1. The van der Waals surface area contributed by atoms with Crippen LogP contribution in [0.25, 0.3) is 0 Å². The Balaban J connectivity index is 1.31. The van der Waals surface area contributed by atoms with E-state index in [-0.39, 0.29) is 0 Å². The molecule has 0 heterocycles. The van der Waals surface area contributed by atoms with Crippen molar-refractivity contribution < 1.29 is 8.78 Å². The molecule has 2 atom stereocenters. The summed E-state index contributed by atoms with van der Waals surface area (Å²) in [7, 11) is 0. The van der Waals surface area contributed by atoms with E-state index in [0.717, 1.165) is 40.8 Å². The molecule has 0 N–H and O–H groups in total. The van der Waals surface area contributed by atoms with Gasteiger partial charge in [-0.25, -0.2) is 8.78 Å². The summed E-state index contributed by atoms with van der Waals surface area (Å²) in [6.45, 7) is 2.30. The van der Waals surface area contributed by atoms with Crippen molar-refractivity contribution in [3.8, 4) is 0 Å². The van der Waals surface area contributed by atoms with E-state index < -0.39 is 11.7 Å². The van der Waals surface area contributed by atoms with Crippen molar-refractivity contribution in [1.82, 2.24) is 0 Å². The summed E-state index contributed by atoms with van der Waals surface area (Å²) in [6.07, 6.45) is 14.9. The Labute approximate surface area is 181 Å². The highest BCUT2D eigenvalue weighted by Crippen LogP contribution is 2.43. The van der Waals surface area contributed by atoms with Crippen molar-refractivity contribution in [1.29, 1.82) is 0 Å². The third-order valence-electron chi connectivity index (χ3n) is 7.54. The lowest BCUT2D eigenvalue weighted by Gasteiger charge is -2.38. The Kier molecular flexibility index (Phi) is 9.82. The van der Waals surface area contributed by atoms with Crippen molar-refractivity contribution in [2.75, 3.05) is 0 Å². The second-order valence-corrected chi connectivity index (χ2v) is 10.7. The molecular weight excluding hydrogens is 382 g/mol. The molecule has 3 rings (SSSR count). The predicted molar refractivity (Wildman–Crippen MR) is 122 cm³/mol. The van der Waals surface area contributed by atoms with Gasteiger partial charge in [0.1, 0.15) is 6.17 Å². The second kappa shape index (κ2) is 12.3. The lowest BCUT2D eigenvalue weighted by molar-refractivity contribution is 0.133. The Morgan fingerprint density at radius 2 is 1.38 bits per heavy atom. The average Bonchev–Trinajstić information content (AvgIpc) is 2.77. The van der Waals surface area contributed by atoms with Crippen LogP contribution in [0.4, 0.5) is 8.78 Å². The zero-order chi connectivity index (χ0) is 20.5. The molecule has 2 fully saturated rings. The van der Waals surface area contributed by atoms with Crippen LogP contribution in [0.3, 0.4) is 0 Å². The van der Waals surface area contributed by atoms with Crippen LogP contribution in [-0.2, 0) is 0 Å². The number of hydrogen-bond donors (Lipinski definition) is 0. The minimum absolute atomic E-state index is 0.374. The fourth-order valence-corrected chi connectivity index (χ4v) is 6.48. The molecule has 2 aliphatic carbocycles. The standard InChI is InChI=1S/C26H40F2S/c1-2-3-7-20-10-15-22(16-11-20)23-17-12-21(13-18-23)14-19-25(27)26(28)29-24-8-5-4-6-9-24/h4-6,8-9,20-23,25-26H,2-3,7,10-19H2,1H3. The van der Waals surface area contributed by atoms with Crippen LogP contribution in [0.5, 0.6) is 0 Å². The van der Waals surface area contributed by atoms with E-state index in [2.05, 4.69) is 6.92 Å². The van der Waals surface area contributed by atoms with Gasteiger partial charge in [0, 0.05) is 4.90 Å². The quantitative estimate of drug-likeness (QED) is 0.339. The number of rotatable bonds is 10. The first-order valence-electron chi connectivity index (χ1n) is 12.2. The zero-order valence-corrected chi connectivity index (χ0v) is 19.0. The molecule has 164 valence electrons. The molecule has 0 aliphatic heterocycles. The molecule has 0 amide bonds. The van der Waals surface area contributed by atoms with Gasteiger partial charge in [0.05, 0.1) is 0 Å². The molecule has 0 saturated heterocycles. The molecule has 29 heavy (non-hydrogen) atoms. The average molecular weight is 423 g/mol. The highest BCUT2D eigenvalue weighted by Gasteiger charge is 2.31. The fraction of sp³-hybridized carbons (Fsp3) is 0.769. The van der Waals surface area contributed by atoms with E-state index in [1.54, 1.807) is 0 Å². The molecule has 2 saturated carbocycles. The normalized spacial score (nSPS) is 30.0. The molecule has 1 aromatic rings. The van der Waals surface area contributed by atoms with Crippen LogP contribution in [0.2, 0.25) is 0 Å². The number of alkyl halides is 2. The second-order valence-electron chi connectivity index (χ2n) is 9.58. The smallest absolute Gasteiger partial charge is 0.181 e. The largest absolute Gasteiger partial charge is 0.243 e. The van der Waals surface area contributed by atoms with Gasteiger partial charge < -0.3 is 0 Å². The molecule has 2 aliphatic rings. The maximum Gasteiger partial charge on any atom is 0.181 e. The topological polar surface area (TPSA) is 0 Å². The van der Waals surface area contributed by atoms with E-state index in [1.807, 2.05) is 30.3 Å². The molecule has 0 nitrogen and oxygen atoms in total. The first-order chi connectivity index (χ1) is 14.2. The summed E-state index contributed by atoms with van der Waals surface area (Å²) in [5.74, 6) is 3.45. The first kappa shape index (κ1) is 23.1. The van der Waals surface area contributed by atoms with E-state index in [1.165, 1.54) is 70.6 Å². The summed E-state index contributed by atoms with van der Waals surface area (Å²) < 4.78 is 28.6. The molecule has 0 bridgehead atoms. The Hall–Kier alpha value is -0.570. The van der Waals surface area contributed by atoms with Gasteiger partial charge in [-0.15, -0.1) is 0 Å². The summed E-state index contributed by atoms with van der Waals surface area (Å²) in [6, 6.07) is 9.35. The van der Waals surface area contributed by atoms with Crippen LogP contribution in [0.1, 0.15) is 90.4 Å². The van der Waals surface area contributed by atoms with Crippen LogP contribution in [0, 0.1) is 23.7 Å². The van der Waals surface area contributed by atoms with Crippen molar-refractivity contribution in [2.24, 2.45) is 23.7 Å². The van der Waals surface area contributed by atoms with Crippen LogP contribution in [-0.4, -0.2) is 11.7 Å². The van der Waals surface area contributed by atoms with Crippen molar-refractivity contribution >= 4 is 11.8 Å². The summed E-state index contributed by atoms with van der Waals surface area (Å²) in [4.78, 5) is 0.813. The maximum absolute atomic E-state index is 14.3. The van der Waals surface area contributed by atoms with Gasteiger partial charge in [-0.3, -0.25) is 0 Å². The van der Waals surface area contributed by atoms with E-state index >= 15 is 0 Å². The minimum atomic E-state index is -1.45. The Bertz CT molecular complexity index is 547. The van der Waals surface area contributed by atoms with E-state index in [9.17, 15) is 8.78 Å². The van der Waals surface area contributed by atoms with Gasteiger partial charge in [0.15, 0.2) is 5.50 Å². The van der Waals surface area contributed by atoms with Crippen LogP contribution in [0.15, 0.2) is 35.2 Å². The van der Waals surface area contributed by atoms with E-state index in [4.69, 9.17) is 0 Å². The predicted octanol–water partition coefficient (Wildman–Crippen LogP) is 9.00.